The summed E-state index contributed by atoms with van der Waals surface area (Å²) < 4.78 is 0. The molecule has 0 aliphatic carbocycles. The van der Waals surface area contributed by atoms with Crippen molar-refractivity contribution >= 4 is 13.5 Å². The Bertz CT molecular complexity index is 107. The average molecular weight is 144 g/mol. The van der Waals surface area contributed by atoms with E-state index in [0.29, 0.717) is 5.41 Å². The predicted molar refractivity (Wildman–Crippen MR) is 43.3 cm³/mol. The van der Waals surface area contributed by atoms with Gasteiger partial charge in [0.2, 0.25) is 0 Å². The van der Waals surface area contributed by atoms with Gasteiger partial charge in [0.15, 0.2) is 0 Å². The fourth-order valence-corrected chi connectivity index (χ4v) is 2.40. The van der Waals surface area contributed by atoms with E-state index in [0.717, 1.165) is 12.5 Å². The van der Waals surface area contributed by atoms with Gasteiger partial charge in [-0.1, -0.05) is 32.5 Å². The van der Waals surface area contributed by atoms with E-state index in [9.17, 15) is 4.79 Å². The van der Waals surface area contributed by atoms with Crippen LogP contribution in [0.25, 0.3) is 0 Å². The summed E-state index contributed by atoms with van der Waals surface area (Å²) >= 11 is 0. The van der Waals surface area contributed by atoms with Gasteiger partial charge in [-0.2, -0.15) is 0 Å². The Kier molecular flexibility index (Phi) is 3.12. The monoisotopic (exact) mass is 144 g/mol. The highest BCUT2D eigenvalue weighted by Gasteiger charge is 2.24. The molecule has 0 spiro atoms. The SMILES string of the molecule is CCC[Si](C)(C)C(C)=O. The summed E-state index contributed by atoms with van der Waals surface area (Å²) in [5.74, 6) is 0. The third kappa shape index (κ3) is 2.80. The minimum atomic E-state index is -1.42. The first-order valence-electron chi connectivity index (χ1n) is 3.51. The zero-order chi connectivity index (χ0) is 7.49. The molecule has 0 saturated heterocycles. The molecular formula is C7H16OSi. The molecule has 0 aromatic rings. The zero-order valence-corrected chi connectivity index (χ0v) is 7.82. The standard InChI is InChI=1S/C7H16OSi/c1-5-6-9(3,4)7(2)8/h5-6H2,1-4H3. The first kappa shape index (κ1) is 8.89. The van der Waals surface area contributed by atoms with Crippen molar-refractivity contribution in [1.82, 2.24) is 0 Å². The summed E-state index contributed by atoms with van der Waals surface area (Å²) in [5.41, 5.74) is 0. The minimum Gasteiger partial charge on any atom is -0.306 e. The van der Waals surface area contributed by atoms with Gasteiger partial charge in [0.25, 0.3) is 0 Å². The lowest BCUT2D eigenvalue weighted by atomic mass is 10.6. The zero-order valence-electron chi connectivity index (χ0n) is 6.82. The van der Waals surface area contributed by atoms with Crippen molar-refractivity contribution in [3.63, 3.8) is 0 Å². The van der Waals surface area contributed by atoms with Crippen LogP contribution in [0.3, 0.4) is 0 Å². The van der Waals surface area contributed by atoms with E-state index < -0.39 is 8.07 Å². The molecule has 0 saturated carbocycles. The Morgan fingerprint density at radius 3 is 2.00 bits per heavy atom. The van der Waals surface area contributed by atoms with Gasteiger partial charge in [-0.3, -0.25) is 0 Å². The summed E-state index contributed by atoms with van der Waals surface area (Å²) in [5, 5.41) is 0.435. The van der Waals surface area contributed by atoms with Crippen molar-refractivity contribution < 1.29 is 4.79 Å². The maximum absolute atomic E-state index is 10.9. The van der Waals surface area contributed by atoms with Gasteiger partial charge < -0.3 is 4.79 Å². The highest BCUT2D eigenvalue weighted by atomic mass is 28.3. The van der Waals surface area contributed by atoms with Crippen LogP contribution in [0.15, 0.2) is 0 Å². The third-order valence-electron chi connectivity index (χ3n) is 1.83. The van der Waals surface area contributed by atoms with Gasteiger partial charge in [0.1, 0.15) is 13.5 Å². The largest absolute Gasteiger partial charge is 0.306 e. The molecule has 0 unspecified atom stereocenters. The van der Waals surface area contributed by atoms with E-state index >= 15 is 0 Å². The Labute approximate surface area is 58.5 Å². The molecule has 0 aliphatic heterocycles. The Morgan fingerprint density at radius 1 is 1.44 bits per heavy atom. The van der Waals surface area contributed by atoms with Crippen LogP contribution in [0.4, 0.5) is 0 Å². The lowest BCUT2D eigenvalue weighted by molar-refractivity contribution is -0.110. The Balaban J connectivity index is 3.85. The molecular weight excluding hydrogens is 128 g/mol. The molecule has 0 amide bonds. The van der Waals surface area contributed by atoms with E-state index in [2.05, 4.69) is 20.0 Å². The van der Waals surface area contributed by atoms with E-state index in [1.54, 1.807) is 6.92 Å². The first-order chi connectivity index (χ1) is 4.00. The maximum Gasteiger partial charge on any atom is 0.126 e. The van der Waals surface area contributed by atoms with Gasteiger partial charge in [-0.05, 0) is 6.92 Å². The Hall–Kier alpha value is -0.113. The molecule has 54 valence electrons. The van der Waals surface area contributed by atoms with E-state index in [4.69, 9.17) is 0 Å². The average Bonchev–Trinajstić information content (AvgIpc) is 1.65. The second-order valence-corrected chi connectivity index (χ2v) is 8.16. The molecule has 0 aromatic carbocycles. The number of hydrogen-bond acceptors (Lipinski definition) is 1. The molecule has 0 rings (SSSR count). The number of rotatable bonds is 3. The van der Waals surface area contributed by atoms with Crippen molar-refractivity contribution in [2.75, 3.05) is 0 Å². The highest BCUT2D eigenvalue weighted by Crippen LogP contribution is 2.11. The van der Waals surface area contributed by atoms with Crippen LogP contribution in [-0.2, 0) is 4.79 Å². The molecule has 2 heteroatoms. The number of carbonyl (C=O) groups excluding carboxylic acids is 1. The van der Waals surface area contributed by atoms with Crippen LogP contribution in [0.2, 0.25) is 19.1 Å². The fraction of sp³-hybridized carbons (Fsp3) is 0.857. The van der Waals surface area contributed by atoms with Gasteiger partial charge >= 0.3 is 0 Å². The van der Waals surface area contributed by atoms with Crippen LogP contribution in [0, 0.1) is 0 Å². The van der Waals surface area contributed by atoms with Crippen molar-refractivity contribution in [1.29, 1.82) is 0 Å². The molecule has 9 heavy (non-hydrogen) atoms. The van der Waals surface area contributed by atoms with Crippen molar-refractivity contribution in [2.45, 2.75) is 39.4 Å². The van der Waals surface area contributed by atoms with Gasteiger partial charge in [-0.15, -0.1) is 0 Å². The van der Waals surface area contributed by atoms with Crippen LogP contribution in [0.5, 0.6) is 0 Å². The second-order valence-electron chi connectivity index (χ2n) is 3.19. The lowest BCUT2D eigenvalue weighted by Crippen LogP contribution is -2.34. The topological polar surface area (TPSA) is 17.1 Å². The molecule has 1 nitrogen and oxygen atoms in total. The quantitative estimate of drug-likeness (QED) is 0.555. The molecule has 0 radical (unpaired) electrons. The van der Waals surface area contributed by atoms with Crippen molar-refractivity contribution in [2.24, 2.45) is 0 Å². The smallest absolute Gasteiger partial charge is 0.126 e. The molecule has 0 bridgehead atoms. The highest BCUT2D eigenvalue weighted by molar-refractivity contribution is 7.04. The fourth-order valence-electron chi connectivity index (χ4n) is 0.801. The van der Waals surface area contributed by atoms with Crippen LogP contribution >= 0.6 is 0 Å². The van der Waals surface area contributed by atoms with Crippen LogP contribution in [-0.4, -0.2) is 13.5 Å². The number of carbonyl (C=O) groups is 1. The van der Waals surface area contributed by atoms with Gasteiger partial charge in [-0.25, -0.2) is 0 Å². The lowest BCUT2D eigenvalue weighted by Gasteiger charge is -2.15. The third-order valence-corrected chi connectivity index (χ3v) is 5.48. The van der Waals surface area contributed by atoms with Crippen molar-refractivity contribution in [3.8, 4) is 0 Å². The first-order valence-corrected chi connectivity index (χ1v) is 6.72. The summed E-state index contributed by atoms with van der Waals surface area (Å²) in [6, 6.07) is 1.14. The predicted octanol–water partition coefficient (Wildman–Crippen LogP) is 2.23. The molecule has 0 aromatic heterocycles. The number of hydrogen-bond donors (Lipinski definition) is 0. The van der Waals surface area contributed by atoms with Crippen LogP contribution < -0.4 is 0 Å². The van der Waals surface area contributed by atoms with Gasteiger partial charge in [0.05, 0.1) is 0 Å². The molecule has 0 fully saturated rings. The molecule has 0 heterocycles. The van der Waals surface area contributed by atoms with E-state index in [1.165, 1.54) is 0 Å². The van der Waals surface area contributed by atoms with Crippen LogP contribution in [0.1, 0.15) is 20.3 Å². The second kappa shape index (κ2) is 3.16. The van der Waals surface area contributed by atoms with E-state index in [1.807, 2.05) is 0 Å². The minimum absolute atomic E-state index is 0.435. The summed E-state index contributed by atoms with van der Waals surface area (Å²) in [6.45, 7) is 8.14. The summed E-state index contributed by atoms with van der Waals surface area (Å²) in [4.78, 5) is 10.9. The normalized spacial score (nSPS) is 11.6. The van der Waals surface area contributed by atoms with E-state index in [-0.39, 0.29) is 0 Å². The van der Waals surface area contributed by atoms with Crippen molar-refractivity contribution in [3.05, 3.63) is 0 Å². The van der Waals surface area contributed by atoms with Gasteiger partial charge in [0, 0.05) is 0 Å². The molecule has 0 aliphatic rings. The maximum atomic E-state index is 10.9. The summed E-state index contributed by atoms with van der Waals surface area (Å²) in [7, 11) is -1.42. The summed E-state index contributed by atoms with van der Waals surface area (Å²) in [6.07, 6.45) is 1.15. The molecule has 0 atom stereocenters. The molecule has 0 N–H and O–H groups in total. The Morgan fingerprint density at radius 2 is 1.89 bits per heavy atom.